The molecular formula is C13H13NO4. The Bertz CT molecular complexity index is 534. The van der Waals surface area contributed by atoms with Crippen molar-refractivity contribution in [3.05, 3.63) is 35.0 Å². The Balaban J connectivity index is 2.34. The van der Waals surface area contributed by atoms with Gasteiger partial charge in [0, 0.05) is 29.5 Å². The summed E-state index contributed by atoms with van der Waals surface area (Å²) < 4.78 is 9.54. The fraction of sp³-hybridized carbons (Fsp3) is 0.308. The van der Waals surface area contributed by atoms with Crippen LogP contribution in [0.1, 0.15) is 22.3 Å². The van der Waals surface area contributed by atoms with E-state index >= 15 is 0 Å². The first-order valence-electron chi connectivity index (χ1n) is 5.52. The van der Waals surface area contributed by atoms with Gasteiger partial charge in [0.15, 0.2) is 5.78 Å². The summed E-state index contributed by atoms with van der Waals surface area (Å²) in [5, 5.41) is 0. The van der Waals surface area contributed by atoms with Gasteiger partial charge in [0.05, 0.1) is 14.2 Å². The van der Waals surface area contributed by atoms with Crippen molar-refractivity contribution in [3.8, 4) is 5.88 Å². The maximum absolute atomic E-state index is 12.1. The Hall–Kier alpha value is -2.17. The number of fused-ring (bicyclic) bond motifs is 1. The highest BCUT2D eigenvalue weighted by Crippen LogP contribution is 2.26. The lowest BCUT2D eigenvalue weighted by atomic mass is 9.88. The van der Waals surface area contributed by atoms with E-state index in [9.17, 15) is 9.59 Å². The topological polar surface area (TPSA) is 65.5 Å². The second-order valence-corrected chi connectivity index (χ2v) is 3.91. The van der Waals surface area contributed by atoms with Crippen LogP contribution in [0.15, 0.2) is 23.9 Å². The molecule has 2 rings (SSSR count). The second-order valence-electron chi connectivity index (χ2n) is 3.91. The molecule has 0 saturated heterocycles. The number of rotatable bonds is 2. The highest BCUT2D eigenvalue weighted by Gasteiger charge is 2.23. The van der Waals surface area contributed by atoms with E-state index < -0.39 is 5.97 Å². The zero-order valence-corrected chi connectivity index (χ0v) is 10.2. The first kappa shape index (κ1) is 12.3. The quantitative estimate of drug-likeness (QED) is 0.582. The van der Waals surface area contributed by atoms with E-state index in [4.69, 9.17) is 4.74 Å². The molecule has 0 atom stereocenters. The summed E-state index contributed by atoms with van der Waals surface area (Å²) in [7, 11) is 2.81. The number of carbonyl (C=O) groups is 2. The largest absolute Gasteiger partial charge is 0.481 e. The molecule has 18 heavy (non-hydrogen) atoms. The summed E-state index contributed by atoms with van der Waals surface area (Å²) in [5.41, 5.74) is 1.88. The van der Waals surface area contributed by atoms with Crippen molar-refractivity contribution < 1.29 is 19.1 Å². The number of carbonyl (C=O) groups excluding carboxylic acids is 2. The molecule has 0 amide bonds. The van der Waals surface area contributed by atoms with Gasteiger partial charge >= 0.3 is 5.97 Å². The molecule has 5 heteroatoms. The van der Waals surface area contributed by atoms with Crippen LogP contribution in [-0.4, -0.2) is 31.0 Å². The molecule has 1 aliphatic rings. The molecule has 0 fully saturated rings. The highest BCUT2D eigenvalue weighted by molar-refractivity contribution is 6.12. The molecule has 0 aromatic carbocycles. The minimum atomic E-state index is -0.511. The number of aromatic nitrogens is 1. The molecule has 1 heterocycles. The summed E-state index contributed by atoms with van der Waals surface area (Å²) >= 11 is 0. The van der Waals surface area contributed by atoms with Crippen molar-refractivity contribution in [3.63, 3.8) is 0 Å². The Labute approximate surface area is 104 Å². The van der Waals surface area contributed by atoms with Crippen molar-refractivity contribution in [1.29, 1.82) is 0 Å². The summed E-state index contributed by atoms with van der Waals surface area (Å²) in [6.45, 7) is 0. The van der Waals surface area contributed by atoms with Gasteiger partial charge in [0.2, 0.25) is 5.88 Å². The van der Waals surface area contributed by atoms with Crippen LogP contribution < -0.4 is 4.74 Å². The van der Waals surface area contributed by atoms with Crippen LogP contribution in [0.3, 0.4) is 0 Å². The molecule has 1 aromatic rings. The average Bonchev–Trinajstić information content (AvgIpc) is 2.41. The third-order valence-electron chi connectivity index (χ3n) is 2.87. The number of hydrogen-bond donors (Lipinski definition) is 0. The normalized spacial score (nSPS) is 16.3. The van der Waals surface area contributed by atoms with Crippen molar-refractivity contribution in [1.82, 2.24) is 4.98 Å². The summed E-state index contributed by atoms with van der Waals surface area (Å²) in [6.07, 6.45) is 3.94. The van der Waals surface area contributed by atoms with Gasteiger partial charge in [0.25, 0.3) is 0 Å². The number of esters is 1. The van der Waals surface area contributed by atoms with E-state index in [0.717, 1.165) is 5.56 Å². The SMILES string of the molecule is COC(=O)C=C1CCc2cc(OC)ncc2C1=O. The molecule has 0 N–H and O–H groups in total. The smallest absolute Gasteiger partial charge is 0.330 e. The first-order chi connectivity index (χ1) is 8.65. The van der Waals surface area contributed by atoms with Crippen LogP contribution in [0.2, 0.25) is 0 Å². The number of aryl methyl sites for hydroxylation is 1. The Kier molecular flexibility index (Phi) is 3.41. The number of ether oxygens (including phenoxy) is 2. The van der Waals surface area contributed by atoms with Crippen LogP contribution in [0.4, 0.5) is 0 Å². The summed E-state index contributed by atoms with van der Waals surface area (Å²) in [6, 6.07) is 1.75. The van der Waals surface area contributed by atoms with E-state index in [-0.39, 0.29) is 5.78 Å². The van der Waals surface area contributed by atoms with Crippen LogP contribution in [0, 0.1) is 0 Å². The lowest BCUT2D eigenvalue weighted by Crippen LogP contribution is -2.16. The van der Waals surface area contributed by atoms with Crippen molar-refractivity contribution in [2.24, 2.45) is 0 Å². The van der Waals surface area contributed by atoms with Crippen LogP contribution in [-0.2, 0) is 16.0 Å². The van der Waals surface area contributed by atoms with Crippen LogP contribution >= 0.6 is 0 Å². The number of allylic oxidation sites excluding steroid dienone is 1. The molecule has 1 aliphatic carbocycles. The van der Waals surface area contributed by atoms with E-state index in [1.54, 1.807) is 6.07 Å². The molecular weight excluding hydrogens is 234 g/mol. The molecule has 0 unspecified atom stereocenters. The van der Waals surface area contributed by atoms with Crippen LogP contribution in [0.5, 0.6) is 5.88 Å². The number of pyridine rings is 1. The average molecular weight is 247 g/mol. The monoisotopic (exact) mass is 247 g/mol. The molecule has 0 radical (unpaired) electrons. The van der Waals surface area contributed by atoms with E-state index in [1.165, 1.54) is 26.5 Å². The lowest BCUT2D eigenvalue weighted by Gasteiger charge is -2.17. The van der Waals surface area contributed by atoms with Gasteiger partial charge in [-0.05, 0) is 18.4 Å². The molecule has 0 spiro atoms. The van der Waals surface area contributed by atoms with Crippen molar-refractivity contribution in [2.45, 2.75) is 12.8 Å². The second kappa shape index (κ2) is 5.00. The van der Waals surface area contributed by atoms with Crippen molar-refractivity contribution >= 4 is 11.8 Å². The van der Waals surface area contributed by atoms with Gasteiger partial charge in [-0.3, -0.25) is 4.79 Å². The van der Waals surface area contributed by atoms with Gasteiger partial charge in [-0.15, -0.1) is 0 Å². The maximum atomic E-state index is 12.1. The molecule has 5 nitrogen and oxygen atoms in total. The van der Waals surface area contributed by atoms with E-state index in [0.29, 0.717) is 29.9 Å². The molecule has 94 valence electrons. The summed E-state index contributed by atoms with van der Waals surface area (Å²) in [4.78, 5) is 27.3. The standard InChI is InChI=1S/C13H13NO4/c1-17-11-5-8-3-4-9(6-12(15)18-2)13(16)10(8)7-14-11/h5-7H,3-4H2,1-2H3. The maximum Gasteiger partial charge on any atom is 0.330 e. The molecule has 0 aliphatic heterocycles. The molecule has 0 bridgehead atoms. The van der Waals surface area contributed by atoms with E-state index in [2.05, 4.69) is 9.72 Å². The van der Waals surface area contributed by atoms with Crippen molar-refractivity contribution in [2.75, 3.05) is 14.2 Å². The van der Waals surface area contributed by atoms with E-state index in [1.807, 2.05) is 0 Å². The highest BCUT2D eigenvalue weighted by atomic mass is 16.5. The predicted octanol–water partition coefficient (Wildman–Crippen LogP) is 1.32. The number of hydrogen-bond acceptors (Lipinski definition) is 5. The number of Topliss-reactive ketones (excluding diaryl/α,β-unsaturated/α-hetero) is 1. The minimum absolute atomic E-state index is 0.170. The fourth-order valence-electron chi connectivity index (χ4n) is 1.89. The molecule has 0 saturated carbocycles. The first-order valence-corrected chi connectivity index (χ1v) is 5.52. The van der Waals surface area contributed by atoms with Gasteiger partial charge in [-0.1, -0.05) is 0 Å². The zero-order chi connectivity index (χ0) is 13.1. The lowest BCUT2D eigenvalue weighted by molar-refractivity contribution is -0.134. The predicted molar refractivity (Wildman–Crippen MR) is 63.5 cm³/mol. The fourth-order valence-corrected chi connectivity index (χ4v) is 1.89. The Morgan fingerprint density at radius 1 is 1.39 bits per heavy atom. The third kappa shape index (κ3) is 2.25. The number of ketones is 1. The molecule has 1 aromatic heterocycles. The number of methoxy groups -OCH3 is 2. The Morgan fingerprint density at radius 3 is 2.83 bits per heavy atom. The van der Waals surface area contributed by atoms with Gasteiger partial charge in [0.1, 0.15) is 0 Å². The zero-order valence-electron chi connectivity index (χ0n) is 10.2. The van der Waals surface area contributed by atoms with Gasteiger partial charge < -0.3 is 9.47 Å². The third-order valence-corrected chi connectivity index (χ3v) is 2.87. The Morgan fingerprint density at radius 2 is 2.17 bits per heavy atom. The number of nitrogens with zero attached hydrogens (tertiary/aromatic N) is 1. The van der Waals surface area contributed by atoms with Crippen LogP contribution in [0.25, 0.3) is 0 Å². The summed E-state index contributed by atoms with van der Waals surface area (Å²) in [5.74, 6) is -0.193. The van der Waals surface area contributed by atoms with Gasteiger partial charge in [-0.2, -0.15) is 0 Å². The minimum Gasteiger partial charge on any atom is -0.481 e. The van der Waals surface area contributed by atoms with Gasteiger partial charge in [-0.25, -0.2) is 9.78 Å².